The predicted octanol–water partition coefficient (Wildman–Crippen LogP) is 6.98. The molecule has 1 atom stereocenters. The monoisotopic (exact) mass is 726 g/mol. The van der Waals surface area contributed by atoms with Gasteiger partial charge in [-0.15, -0.1) is 0 Å². The van der Waals surface area contributed by atoms with Crippen LogP contribution in [0.1, 0.15) is 56.7 Å². The maximum Gasteiger partial charge on any atom is 0.410 e. The highest BCUT2D eigenvalue weighted by atomic mass is 31.2. The van der Waals surface area contributed by atoms with Gasteiger partial charge in [-0.25, -0.2) is 14.7 Å². The standard InChI is InChI=1S/C39H43N4O8P/c44-36-34-21-10-11-22-35(34)37(45)43(36)30-52(48,51-29-33-19-8-3-9-20-33)41-24-14-26-42(39(47)50-28-32-17-6-2-7-18-32)25-13-12-23-40-38(46)49-27-31-15-4-1-5-16-31/h1-11,15-22H,12-14,23-30H2,(H,40,46)(H,41,48). The molecular formula is C39H43N4O8P. The molecule has 0 aromatic heterocycles. The number of hydrogen-bond donors (Lipinski definition) is 2. The molecule has 0 radical (unpaired) electrons. The van der Waals surface area contributed by atoms with Gasteiger partial charge in [0.25, 0.3) is 19.3 Å². The summed E-state index contributed by atoms with van der Waals surface area (Å²) in [5.74, 6) is -1.06. The van der Waals surface area contributed by atoms with Crippen molar-refractivity contribution >= 4 is 31.5 Å². The smallest absolute Gasteiger partial charge is 0.410 e. The molecule has 52 heavy (non-hydrogen) atoms. The van der Waals surface area contributed by atoms with Gasteiger partial charge in [0.2, 0.25) is 0 Å². The molecule has 5 rings (SSSR count). The number of amides is 4. The first kappa shape index (κ1) is 38.0. The molecule has 0 spiro atoms. The van der Waals surface area contributed by atoms with Crippen molar-refractivity contribution in [3.8, 4) is 0 Å². The van der Waals surface area contributed by atoms with Crippen LogP contribution in [0.5, 0.6) is 0 Å². The van der Waals surface area contributed by atoms with Crippen molar-refractivity contribution in [2.24, 2.45) is 0 Å². The first-order valence-electron chi connectivity index (χ1n) is 17.2. The summed E-state index contributed by atoms with van der Waals surface area (Å²) in [6.45, 7) is 1.41. The molecule has 1 heterocycles. The molecule has 1 aliphatic rings. The van der Waals surface area contributed by atoms with E-state index in [1.165, 1.54) is 0 Å². The van der Waals surface area contributed by atoms with Gasteiger partial charge < -0.3 is 24.2 Å². The highest BCUT2D eigenvalue weighted by Crippen LogP contribution is 2.45. The van der Waals surface area contributed by atoms with Gasteiger partial charge in [-0.3, -0.25) is 19.1 Å². The number of nitrogens with one attached hydrogen (secondary N) is 2. The van der Waals surface area contributed by atoms with Gasteiger partial charge in [-0.2, -0.15) is 0 Å². The zero-order chi connectivity index (χ0) is 36.6. The van der Waals surface area contributed by atoms with E-state index in [1.54, 1.807) is 29.2 Å². The zero-order valence-electron chi connectivity index (χ0n) is 28.9. The summed E-state index contributed by atoms with van der Waals surface area (Å²) in [5, 5.41) is 5.71. The number of alkyl carbamates (subject to hydrolysis) is 1. The number of carbonyl (C=O) groups excluding carboxylic acids is 4. The lowest BCUT2D eigenvalue weighted by atomic mass is 10.1. The Hall–Kier alpha value is -5.29. The van der Waals surface area contributed by atoms with Crippen LogP contribution in [-0.4, -0.2) is 66.3 Å². The van der Waals surface area contributed by atoms with Gasteiger partial charge in [0, 0.05) is 26.2 Å². The van der Waals surface area contributed by atoms with Gasteiger partial charge in [0.05, 0.1) is 17.7 Å². The third-order valence-corrected chi connectivity index (χ3v) is 10.2. The number of unbranched alkanes of at least 4 members (excludes halogenated alkanes) is 1. The van der Waals surface area contributed by atoms with Crippen LogP contribution in [0, 0.1) is 0 Å². The largest absolute Gasteiger partial charge is 0.445 e. The molecule has 0 fully saturated rings. The van der Waals surface area contributed by atoms with Crippen LogP contribution in [-0.2, 0) is 38.4 Å². The number of ether oxygens (including phenoxy) is 2. The second kappa shape index (κ2) is 19.4. The molecule has 0 aliphatic carbocycles. The minimum Gasteiger partial charge on any atom is -0.445 e. The van der Waals surface area contributed by atoms with Gasteiger partial charge in [0.1, 0.15) is 19.5 Å². The predicted molar refractivity (Wildman–Crippen MR) is 195 cm³/mol. The van der Waals surface area contributed by atoms with Crippen LogP contribution in [0.2, 0.25) is 0 Å². The molecule has 1 unspecified atom stereocenters. The van der Waals surface area contributed by atoms with Crippen molar-refractivity contribution < 1.29 is 37.7 Å². The number of hydrogen-bond acceptors (Lipinski definition) is 8. The number of imide groups is 1. The van der Waals surface area contributed by atoms with E-state index in [-0.39, 0.29) is 44.0 Å². The fourth-order valence-corrected chi connectivity index (χ4v) is 7.22. The Labute approximate surface area is 303 Å². The van der Waals surface area contributed by atoms with E-state index < -0.39 is 37.8 Å². The second-order valence-electron chi connectivity index (χ2n) is 12.1. The molecule has 12 nitrogen and oxygen atoms in total. The van der Waals surface area contributed by atoms with Crippen molar-refractivity contribution in [2.75, 3.05) is 32.5 Å². The van der Waals surface area contributed by atoms with Crippen LogP contribution in [0.15, 0.2) is 115 Å². The molecule has 4 aromatic carbocycles. The van der Waals surface area contributed by atoms with E-state index in [0.717, 1.165) is 21.6 Å². The summed E-state index contributed by atoms with van der Waals surface area (Å²) >= 11 is 0. The lowest BCUT2D eigenvalue weighted by molar-refractivity contribution is 0.0671. The first-order chi connectivity index (χ1) is 25.3. The van der Waals surface area contributed by atoms with Crippen molar-refractivity contribution in [1.82, 2.24) is 20.2 Å². The topological polar surface area (TPSA) is 144 Å². The summed E-state index contributed by atoms with van der Waals surface area (Å²) in [5.41, 5.74) is 3.02. The fourth-order valence-electron chi connectivity index (χ4n) is 5.46. The normalized spacial score (nSPS) is 13.3. The van der Waals surface area contributed by atoms with Crippen LogP contribution in [0.25, 0.3) is 0 Å². The number of carbonyl (C=O) groups is 4. The van der Waals surface area contributed by atoms with Crippen molar-refractivity contribution in [2.45, 2.75) is 39.1 Å². The van der Waals surface area contributed by atoms with E-state index in [1.807, 2.05) is 91.0 Å². The number of nitrogens with zero attached hydrogens (tertiary/aromatic N) is 2. The van der Waals surface area contributed by atoms with Crippen LogP contribution in [0.3, 0.4) is 0 Å². The van der Waals surface area contributed by atoms with E-state index in [0.29, 0.717) is 32.4 Å². The highest BCUT2D eigenvalue weighted by molar-refractivity contribution is 7.56. The lowest BCUT2D eigenvalue weighted by Crippen LogP contribution is -2.36. The molecule has 13 heteroatoms. The summed E-state index contributed by atoms with van der Waals surface area (Å²) in [6.07, 6.45) is 0.0545. The average Bonchev–Trinajstić information content (AvgIpc) is 3.41. The maximum absolute atomic E-state index is 14.2. The van der Waals surface area contributed by atoms with Gasteiger partial charge in [0.15, 0.2) is 0 Å². The summed E-state index contributed by atoms with van der Waals surface area (Å²) in [7, 11) is -3.79. The quantitative estimate of drug-likeness (QED) is 0.0595. The van der Waals surface area contributed by atoms with E-state index in [9.17, 15) is 23.7 Å². The minimum absolute atomic E-state index is 0.0000573. The molecule has 272 valence electrons. The minimum atomic E-state index is -3.79. The van der Waals surface area contributed by atoms with Gasteiger partial charge in [-0.05, 0) is 48.1 Å². The Kier molecular flexibility index (Phi) is 14.1. The Morgan fingerprint density at radius 2 is 1.12 bits per heavy atom. The molecule has 2 N–H and O–H groups in total. The highest BCUT2D eigenvalue weighted by Gasteiger charge is 2.40. The molecule has 4 amide bonds. The first-order valence-corrected chi connectivity index (χ1v) is 19.0. The molecule has 0 bridgehead atoms. The number of rotatable bonds is 19. The van der Waals surface area contributed by atoms with Gasteiger partial charge >= 0.3 is 12.2 Å². The van der Waals surface area contributed by atoms with Crippen LogP contribution in [0.4, 0.5) is 9.59 Å². The van der Waals surface area contributed by atoms with Crippen molar-refractivity contribution in [1.29, 1.82) is 0 Å². The van der Waals surface area contributed by atoms with E-state index in [4.69, 9.17) is 14.0 Å². The lowest BCUT2D eigenvalue weighted by Gasteiger charge is -2.25. The Bertz CT molecular complexity index is 1790. The maximum atomic E-state index is 14.2. The average molecular weight is 727 g/mol. The Morgan fingerprint density at radius 1 is 0.615 bits per heavy atom. The third kappa shape index (κ3) is 11.4. The Balaban J connectivity index is 1.15. The summed E-state index contributed by atoms with van der Waals surface area (Å²) < 4.78 is 31.0. The molecule has 0 saturated heterocycles. The van der Waals surface area contributed by atoms with Crippen LogP contribution >= 0.6 is 7.52 Å². The molecule has 4 aromatic rings. The van der Waals surface area contributed by atoms with Crippen LogP contribution < -0.4 is 10.4 Å². The SMILES string of the molecule is O=C(NCCCCN(CCCNP(=O)(CN1C(=O)c2ccccc2C1=O)OCc1ccccc1)C(=O)OCc1ccccc1)OCc1ccccc1. The van der Waals surface area contributed by atoms with E-state index >= 15 is 0 Å². The zero-order valence-corrected chi connectivity index (χ0v) is 29.7. The molecule has 1 aliphatic heterocycles. The molecule has 0 saturated carbocycles. The fraction of sp³-hybridized carbons (Fsp3) is 0.282. The Morgan fingerprint density at radius 3 is 1.69 bits per heavy atom. The molecular weight excluding hydrogens is 683 g/mol. The third-order valence-electron chi connectivity index (χ3n) is 8.25. The summed E-state index contributed by atoms with van der Waals surface area (Å²) in [4.78, 5) is 54.1. The van der Waals surface area contributed by atoms with Crippen molar-refractivity contribution in [3.63, 3.8) is 0 Å². The van der Waals surface area contributed by atoms with Gasteiger partial charge in [-0.1, -0.05) is 103 Å². The van der Waals surface area contributed by atoms with Crippen molar-refractivity contribution in [3.05, 3.63) is 143 Å². The van der Waals surface area contributed by atoms with E-state index in [2.05, 4.69) is 10.4 Å². The second-order valence-corrected chi connectivity index (χ2v) is 14.3. The summed E-state index contributed by atoms with van der Waals surface area (Å²) in [6, 6.07) is 34.4. The number of fused-ring (bicyclic) bond motifs is 1. The number of benzene rings is 4.